The number of carboxylic acids is 1. The van der Waals surface area contributed by atoms with Crippen LogP contribution in [0.3, 0.4) is 0 Å². The lowest BCUT2D eigenvalue weighted by molar-refractivity contribution is -0.149. The second-order valence-electron chi connectivity index (χ2n) is 5.57. The predicted octanol–water partition coefficient (Wildman–Crippen LogP) is 2.21. The van der Waals surface area contributed by atoms with Gasteiger partial charge >= 0.3 is 5.97 Å². The van der Waals surface area contributed by atoms with Crippen LogP contribution in [0.1, 0.15) is 24.8 Å². The molecule has 1 fully saturated rings. The van der Waals surface area contributed by atoms with E-state index in [0.717, 1.165) is 12.8 Å². The van der Waals surface area contributed by atoms with Gasteiger partial charge in [-0.3, -0.25) is 4.79 Å². The Kier molecular flexibility index (Phi) is 4.28. The smallest absolute Gasteiger partial charge is 0.311 e. The van der Waals surface area contributed by atoms with E-state index < -0.39 is 17.2 Å². The molecule has 1 saturated carbocycles. The highest BCUT2D eigenvalue weighted by Gasteiger charge is 2.42. The third-order valence-electron chi connectivity index (χ3n) is 4.01. The number of rotatable bonds is 7. The van der Waals surface area contributed by atoms with Crippen molar-refractivity contribution in [2.24, 2.45) is 17.1 Å². The highest BCUT2D eigenvalue weighted by Crippen LogP contribution is 2.42. The van der Waals surface area contributed by atoms with Gasteiger partial charge in [0.15, 0.2) is 0 Å². The van der Waals surface area contributed by atoms with Crippen molar-refractivity contribution in [1.29, 1.82) is 0 Å². The minimum Gasteiger partial charge on any atom is -0.497 e. The zero-order chi connectivity index (χ0) is 14.8. The molecule has 0 aliphatic heterocycles. The number of carboxylic acid groups (broad SMARTS) is 1. The van der Waals surface area contributed by atoms with Crippen LogP contribution in [-0.2, 0) is 11.2 Å². The van der Waals surface area contributed by atoms with Crippen molar-refractivity contribution in [3.05, 3.63) is 29.6 Å². The van der Waals surface area contributed by atoms with Crippen LogP contribution in [0, 0.1) is 17.2 Å². The molecule has 5 heteroatoms. The van der Waals surface area contributed by atoms with E-state index >= 15 is 0 Å². The quantitative estimate of drug-likeness (QED) is 0.803. The highest BCUT2D eigenvalue weighted by atomic mass is 19.1. The molecule has 0 radical (unpaired) electrons. The monoisotopic (exact) mass is 281 g/mol. The van der Waals surface area contributed by atoms with Gasteiger partial charge in [0.1, 0.15) is 11.6 Å². The normalized spacial score (nSPS) is 17.6. The van der Waals surface area contributed by atoms with Gasteiger partial charge in [0.2, 0.25) is 0 Å². The molecule has 0 heterocycles. The summed E-state index contributed by atoms with van der Waals surface area (Å²) in [5.74, 6) is -0.556. The molecule has 1 aromatic carbocycles. The van der Waals surface area contributed by atoms with Gasteiger partial charge in [-0.2, -0.15) is 0 Å². The average molecular weight is 281 g/mol. The number of nitrogens with two attached hydrogens (primary N) is 1. The number of benzene rings is 1. The van der Waals surface area contributed by atoms with Gasteiger partial charge in [0.25, 0.3) is 0 Å². The number of hydrogen-bond donors (Lipinski definition) is 2. The summed E-state index contributed by atoms with van der Waals surface area (Å²) in [6.07, 6.45) is 2.72. The molecule has 1 aliphatic rings. The molecule has 0 aromatic heterocycles. The molecule has 1 unspecified atom stereocenters. The Morgan fingerprint density at radius 1 is 1.55 bits per heavy atom. The molecule has 0 saturated heterocycles. The Balaban J connectivity index is 2.24. The van der Waals surface area contributed by atoms with E-state index in [4.69, 9.17) is 10.5 Å². The number of halogens is 1. The van der Waals surface area contributed by atoms with Crippen LogP contribution in [-0.4, -0.2) is 24.7 Å². The summed E-state index contributed by atoms with van der Waals surface area (Å²) in [5, 5.41) is 9.53. The van der Waals surface area contributed by atoms with Gasteiger partial charge in [-0.15, -0.1) is 0 Å². The van der Waals surface area contributed by atoms with Gasteiger partial charge in [-0.25, -0.2) is 4.39 Å². The zero-order valence-corrected chi connectivity index (χ0v) is 11.6. The van der Waals surface area contributed by atoms with Gasteiger partial charge in [0, 0.05) is 12.6 Å². The largest absolute Gasteiger partial charge is 0.497 e. The van der Waals surface area contributed by atoms with Gasteiger partial charge in [-0.1, -0.05) is 18.9 Å². The molecule has 20 heavy (non-hydrogen) atoms. The first-order valence-corrected chi connectivity index (χ1v) is 6.76. The van der Waals surface area contributed by atoms with Crippen LogP contribution in [0.25, 0.3) is 0 Å². The lowest BCUT2D eigenvalue weighted by atomic mass is 9.77. The molecular formula is C15H20FNO3. The minimum absolute atomic E-state index is 0.0182. The third kappa shape index (κ3) is 3.10. The summed E-state index contributed by atoms with van der Waals surface area (Å²) < 4.78 is 19.0. The topological polar surface area (TPSA) is 72.5 Å². The molecule has 2 rings (SSSR count). The predicted molar refractivity (Wildman–Crippen MR) is 73.1 cm³/mol. The molecule has 1 aromatic rings. The van der Waals surface area contributed by atoms with E-state index in [2.05, 4.69) is 0 Å². The Morgan fingerprint density at radius 3 is 2.70 bits per heavy atom. The molecule has 0 bridgehead atoms. The Hall–Kier alpha value is -1.62. The summed E-state index contributed by atoms with van der Waals surface area (Å²) in [7, 11) is 1.46. The van der Waals surface area contributed by atoms with E-state index in [1.165, 1.54) is 13.2 Å². The molecule has 4 nitrogen and oxygen atoms in total. The summed E-state index contributed by atoms with van der Waals surface area (Å²) in [6.45, 7) is 0.0182. The lowest BCUT2D eigenvalue weighted by Crippen LogP contribution is -2.41. The molecular weight excluding hydrogens is 261 g/mol. The van der Waals surface area contributed by atoms with E-state index in [1.807, 2.05) is 0 Å². The molecule has 0 spiro atoms. The van der Waals surface area contributed by atoms with Crippen molar-refractivity contribution in [1.82, 2.24) is 0 Å². The minimum atomic E-state index is -1.07. The second-order valence-corrected chi connectivity index (χ2v) is 5.57. The maximum absolute atomic E-state index is 14.0. The number of carbonyl (C=O) groups is 1. The molecule has 110 valence electrons. The van der Waals surface area contributed by atoms with E-state index in [-0.39, 0.29) is 13.0 Å². The number of methoxy groups -OCH3 is 1. The fourth-order valence-corrected chi connectivity index (χ4v) is 2.52. The summed E-state index contributed by atoms with van der Waals surface area (Å²) in [5.41, 5.74) is 5.01. The summed E-state index contributed by atoms with van der Waals surface area (Å²) in [4.78, 5) is 11.6. The highest BCUT2D eigenvalue weighted by molar-refractivity contribution is 5.75. The number of hydrogen-bond acceptors (Lipinski definition) is 3. The number of aliphatic carboxylic acids is 1. The van der Waals surface area contributed by atoms with Crippen LogP contribution in [0.4, 0.5) is 4.39 Å². The SMILES string of the molecule is COc1ccc(CC(CN)(CC2CC2)C(=O)O)c(F)c1. The van der Waals surface area contributed by atoms with E-state index in [1.54, 1.807) is 12.1 Å². The molecule has 1 aliphatic carbocycles. The molecule has 3 N–H and O–H groups in total. The van der Waals surface area contributed by atoms with Crippen molar-refractivity contribution < 1.29 is 19.0 Å². The van der Waals surface area contributed by atoms with Gasteiger partial charge in [0.05, 0.1) is 12.5 Å². The summed E-state index contributed by atoms with van der Waals surface area (Å²) >= 11 is 0. The van der Waals surface area contributed by atoms with Crippen molar-refractivity contribution in [3.63, 3.8) is 0 Å². The van der Waals surface area contributed by atoms with E-state index in [0.29, 0.717) is 23.7 Å². The first kappa shape index (κ1) is 14.8. The Bertz CT molecular complexity index is 502. The Morgan fingerprint density at radius 2 is 2.25 bits per heavy atom. The maximum atomic E-state index is 14.0. The Labute approximate surface area is 117 Å². The molecule has 0 amide bonds. The van der Waals surface area contributed by atoms with Crippen LogP contribution in [0.2, 0.25) is 0 Å². The third-order valence-corrected chi connectivity index (χ3v) is 4.01. The molecule has 1 atom stereocenters. The van der Waals surface area contributed by atoms with Crippen molar-refractivity contribution in [2.75, 3.05) is 13.7 Å². The van der Waals surface area contributed by atoms with Crippen molar-refractivity contribution in [2.45, 2.75) is 25.7 Å². The second kappa shape index (κ2) is 5.79. The van der Waals surface area contributed by atoms with E-state index in [9.17, 15) is 14.3 Å². The first-order valence-electron chi connectivity index (χ1n) is 6.76. The van der Waals surface area contributed by atoms with Crippen molar-refractivity contribution >= 4 is 5.97 Å². The lowest BCUT2D eigenvalue weighted by Gasteiger charge is -2.28. The van der Waals surface area contributed by atoms with Crippen LogP contribution in [0.15, 0.2) is 18.2 Å². The fourth-order valence-electron chi connectivity index (χ4n) is 2.52. The fraction of sp³-hybridized carbons (Fsp3) is 0.533. The van der Waals surface area contributed by atoms with Gasteiger partial charge in [-0.05, 0) is 30.4 Å². The maximum Gasteiger partial charge on any atom is 0.311 e. The van der Waals surface area contributed by atoms with Crippen LogP contribution >= 0.6 is 0 Å². The van der Waals surface area contributed by atoms with Crippen molar-refractivity contribution in [3.8, 4) is 5.75 Å². The van der Waals surface area contributed by atoms with Crippen LogP contribution < -0.4 is 10.5 Å². The van der Waals surface area contributed by atoms with Gasteiger partial charge < -0.3 is 15.6 Å². The summed E-state index contributed by atoms with van der Waals surface area (Å²) in [6, 6.07) is 4.49. The standard InChI is InChI=1S/C15H20FNO3/c1-20-12-5-4-11(13(16)6-12)8-15(9-17,14(18)19)7-10-2-3-10/h4-6,10H,2-3,7-9,17H2,1H3,(H,18,19). The average Bonchev–Trinajstić information content (AvgIpc) is 3.23. The zero-order valence-electron chi connectivity index (χ0n) is 11.6. The van der Waals surface area contributed by atoms with Crippen LogP contribution in [0.5, 0.6) is 5.75 Å². The number of ether oxygens (including phenoxy) is 1. The first-order chi connectivity index (χ1) is 9.50.